The van der Waals surface area contributed by atoms with Crippen LogP contribution in [0.15, 0.2) is 60.7 Å². The Morgan fingerprint density at radius 3 is 2.65 bits per heavy atom. The van der Waals surface area contributed by atoms with E-state index < -0.39 is 0 Å². The fourth-order valence-electron chi connectivity index (χ4n) is 2.82. The number of para-hydroxylation sites is 1. The summed E-state index contributed by atoms with van der Waals surface area (Å²) in [6, 6.07) is 19.7. The van der Waals surface area contributed by atoms with Crippen LogP contribution in [0.1, 0.15) is 24.5 Å². The number of aryl methyl sites for hydroxylation is 1. The highest BCUT2D eigenvalue weighted by Gasteiger charge is 2.20. The average molecular weight is 263 g/mol. The maximum absolute atomic E-state index is 3.68. The van der Waals surface area contributed by atoms with E-state index >= 15 is 0 Å². The predicted molar refractivity (Wildman–Crippen MR) is 86.8 cm³/mol. The molecule has 20 heavy (non-hydrogen) atoms. The first-order valence-corrected chi connectivity index (χ1v) is 7.40. The van der Waals surface area contributed by atoms with Gasteiger partial charge in [0.1, 0.15) is 0 Å². The second-order valence-electron chi connectivity index (χ2n) is 5.58. The zero-order valence-electron chi connectivity index (χ0n) is 11.9. The molecular weight excluding hydrogens is 242 g/mol. The van der Waals surface area contributed by atoms with Gasteiger partial charge in [0.15, 0.2) is 0 Å². The van der Waals surface area contributed by atoms with Gasteiger partial charge in [0.05, 0.1) is 0 Å². The van der Waals surface area contributed by atoms with E-state index in [9.17, 15) is 0 Å². The number of fused-ring (bicyclic) bond motifs is 1. The van der Waals surface area contributed by atoms with Gasteiger partial charge in [0.25, 0.3) is 0 Å². The Bertz CT molecular complexity index is 586. The molecule has 0 aliphatic carbocycles. The van der Waals surface area contributed by atoms with E-state index in [2.05, 4.69) is 79.0 Å². The third kappa shape index (κ3) is 2.93. The Morgan fingerprint density at radius 2 is 1.80 bits per heavy atom. The van der Waals surface area contributed by atoms with E-state index in [0.717, 1.165) is 0 Å². The van der Waals surface area contributed by atoms with E-state index in [1.807, 2.05) is 0 Å². The van der Waals surface area contributed by atoms with Gasteiger partial charge in [-0.1, -0.05) is 67.6 Å². The van der Waals surface area contributed by atoms with Crippen molar-refractivity contribution in [3.63, 3.8) is 0 Å². The van der Waals surface area contributed by atoms with Crippen LogP contribution in [-0.4, -0.2) is 6.04 Å². The number of hydrogen-bond donors (Lipinski definition) is 1. The summed E-state index contributed by atoms with van der Waals surface area (Å²) in [7, 11) is 0. The van der Waals surface area contributed by atoms with Gasteiger partial charge in [-0.25, -0.2) is 0 Å². The number of benzene rings is 2. The summed E-state index contributed by atoms with van der Waals surface area (Å²) in [6.45, 7) is 2.30. The van der Waals surface area contributed by atoms with E-state index in [1.54, 1.807) is 0 Å². The van der Waals surface area contributed by atoms with Crippen LogP contribution >= 0.6 is 0 Å². The van der Waals surface area contributed by atoms with Gasteiger partial charge in [0.2, 0.25) is 0 Å². The zero-order valence-corrected chi connectivity index (χ0v) is 11.9. The topological polar surface area (TPSA) is 12.0 Å². The lowest BCUT2D eigenvalue weighted by Gasteiger charge is -2.30. The molecule has 1 heterocycles. The van der Waals surface area contributed by atoms with Gasteiger partial charge < -0.3 is 5.32 Å². The third-order valence-corrected chi connectivity index (χ3v) is 4.11. The lowest BCUT2D eigenvalue weighted by Crippen LogP contribution is -2.30. The van der Waals surface area contributed by atoms with Crippen molar-refractivity contribution >= 4 is 11.8 Å². The highest BCUT2D eigenvalue weighted by Crippen LogP contribution is 2.28. The minimum Gasteiger partial charge on any atom is -0.381 e. The summed E-state index contributed by atoms with van der Waals surface area (Å²) < 4.78 is 0. The molecule has 102 valence electrons. The van der Waals surface area contributed by atoms with Gasteiger partial charge in [-0.15, -0.1) is 0 Å². The van der Waals surface area contributed by atoms with Gasteiger partial charge in [-0.05, 0) is 36.0 Å². The third-order valence-electron chi connectivity index (χ3n) is 4.11. The van der Waals surface area contributed by atoms with E-state index in [-0.39, 0.29) is 0 Å². The molecule has 0 saturated carbocycles. The lowest BCUT2D eigenvalue weighted by molar-refractivity contribution is 0.524. The average Bonchev–Trinajstić information content (AvgIpc) is 2.53. The highest BCUT2D eigenvalue weighted by atomic mass is 14.9. The Morgan fingerprint density at radius 1 is 1.05 bits per heavy atom. The molecule has 0 saturated heterocycles. The zero-order chi connectivity index (χ0) is 13.8. The molecule has 0 aromatic heterocycles. The molecule has 1 heteroatoms. The molecule has 2 atom stereocenters. The molecule has 1 aliphatic rings. The molecule has 2 aromatic rings. The lowest BCUT2D eigenvalue weighted by atomic mass is 9.90. The van der Waals surface area contributed by atoms with Crippen LogP contribution in [0.2, 0.25) is 0 Å². The SMILES string of the molecule is CC(/C=C/c1ccccc1)C1CCc2ccccc2N1. The molecule has 0 radical (unpaired) electrons. The maximum Gasteiger partial charge on any atom is 0.0375 e. The molecule has 0 spiro atoms. The predicted octanol–water partition coefficient (Wildman–Crippen LogP) is 4.76. The Labute approximate surface area is 121 Å². The van der Waals surface area contributed by atoms with E-state index in [1.165, 1.54) is 29.7 Å². The van der Waals surface area contributed by atoms with E-state index in [4.69, 9.17) is 0 Å². The molecule has 1 aliphatic heterocycles. The Hall–Kier alpha value is -2.02. The van der Waals surface area contributed by atoms with Crippen molar-refractivity contribution in [2.75, 3.05) is 5.32 Å². The number of rotatable bonds is 3. The molecule has 0 amide bonds. The quantitative estimate of drug-likeness (QED) is 0.841. The van der Waals surface area contributed by atoms with Crippen molar-refractivity contribution in [3.8, 4) is 0 Å². The van der Waals surface area contributed by atoms with Crippen molar-refractivity contribution in [2.24, 2.45) is 5.92 Å². The smallest absolute Gasteiger partial charge is 0.0375 e. The van der Waals surface area contributed by atoms with Crippen LogP contribution in [0.25, 0.3) is 6.08 Å². The van der Waals surface area contributed by atoms with Crippen LogP contribution in [0.5, 0.6) is 0 Å². The summed E-state index contributed by atoms with van der Waals surface area (Å²) >= 11 is 0. The summed E-state index contributed by atoms with van der Waals surface area (Å²) in [5.74, 6) is 0.531. The molecule has 1 nitrogen and oxygen atoms in total. The van der Waals surface area contributed by atoms with Crippen molar-refractivity contribution in [1.82, 2.24) is 0 Å². The number of nitrogens with one attached hydrogen (secondary N) is 1. The first-order chi connectivity index (χ1) is 9.83. The van der Waals surface area contributed by atoms with Crippen LogP contribution in [0.4, 0.5) is 5.69 Å². The molecule has 1 N–H and O–H groups in total. The standard InChI is InChI=1S/C19H21N/c1-15(11-12-16-7-3-2-4-8-16)18-14-13-17-9-5-6-10-19(17)20-18/h2-12,15,18,20H,13-14H2,1H3/b12-11+. The van der Waals surface area contributed by atoms with E-state index in [0.29, 0.717) is 12.0 Å². The second kappa shape index (κ2) is 5.96. The van der Waals surface area contributed by atoms with Crippen LogP contribution in [-0.2, 0) is 6.42 Å². The van der Waals surface area contributed by atoms with Crippen molar-refractivity contribution in [2.45, 2.75) is 25.8 Å². The highest BCUT2D eigenvalue weighted by molar-refractivity contribution is 5.54. The fraction of sp³-hybridized carbons (Fsp3) is 0.263. The first-order valence-electron chi connectivity index (χ1n) is 7.40. The fourth-order valence-corrected chi connectivity index (χ4v) is 2.82. The second-order valence-corrected chi connectivity index (χ2v) is 5.58. The van der Waals surface area contributed by atoms with Crippen molar-refractivity contribution < 1.29 is 0 Å². The van der Waals surface area contributed by atoms with Gasteiger partial charge >= 0.3 is 0 Å². The van der Waals surface area contributed by atoms with Crippen LogP contribution < -0.4 is 5.32 Å². The minimum atomic E-state index is 0.531. The first kappa shape index (κ1) is 13.0. The van der Waals surface area contributed by atoms with Crippen LogP contribution in [0, 0.1) is 5.92 Å². The molecule has 0 fully saturated rings. The van der Waals surface area contributed by atoms with Gasteiger partial charge in [0, 0.05) is 11.7 Å². The maximum atomic E-state index is 3.68. The monoisotopic (exact) mass is 263 g/mol. The van der Waals surface area contributed by atoms with Crippen LogP contribution in [0.3, 0.4) is 0 Å². The summed E-state index contributed by atoms with van der Waals surface area (Å²) in [5, 5.41) is 3.68. The largest absolute Gasteiger partial charge is 0.381 e. The summed E-state index contributed by atoms with van der Waals surface area (Å²) in [4.78, 5) is 0. The molecule has 2 unspecified atom stereocenters. The van der Waals surface area contributed by atoms with Crippen molar-refractivity contribution in [3.05, 3.63) is 71.8 Å². The molecule has 2 aromatic carbocycles. The normalized spacial score (nSPS) is 19.4. The molecule has 3 rings (SSSR count). The number of hydrogen-bond acceptors (Lipinski definition) is 1. The molecule has 0 bridgehead atoms. The molecular formula is C19H21N. The van der Waals surface area contributed by atoms with Gasteiger partial charge in [-0.3, -0.25) is 0 Å². The van der Waals surface area contributed by atoms with Gasteiger partial charge in [-0.2, -0.15) is 0 Å². The van der Waals surface area contributed by atoms with Crippen molar-refractivity contribution in [1.29, 1.82) is 0 Å². The summed E-state index contributed by atoms with van der Waals surface area (Å²) in [5.41, 5.74) is 4.03. The summed E-state index contributed by atoms with van der Waals surface area (Å²) in [6.07, 6.45) is 6.93. The number of anilines is 1. The Kier molecular flexibility index (Phi) is 3.87. The Balaban J connectivity index is 1.67. The minimum absolute atomic E-state index is 0.531.